The molecule has 0 unspecified atom stereocenters. The van der Waals surface area contributed by atoms with Crippen molar-refractivity contribution in [1.82, 2.24) is 4.90 Å². The van der Waals surface area contributed by atoms with E-state index in [1.807, 2.05) is 36.4 Å². The third-order valence-corrected chi connectivity index (χ3v) is 6.95. The number of carbonyl (C=O) groups excluding carboxylic acids is 2. The number of unbranched alkanes of at least 4 members (excludes halogenated alkanes) is 1. The SMILES string of the molecule is COc1cccc([C@]23CCCC[C@@H]2C(=O)N(CCCCc2ccccc2)C(=O)C3)c1. The number of benzene rings is 2. The molecule has 1 aliphatic heterocycles. The zero-order valence-electron chi connectivity index (χ0n) is 17.8. The number of aryl methyl sites for hydroxylation is 1. The van der Waals surface area contributed by atoms with Crippen LogP contribution < -0.4 is 4.74 Å². The summed E-state index contributed by atoms with van der Waals surface area (Å²) in [6.45, 7) is 0.537. The normalized spacial score (nSPS) is 23.9. The standard InChI is InChI=1S/C26H31NO3/c1-30-22-14-9-13-21(18-22)26-16-7-5-15-23(26)25(29)27(24(28)19-26)17-8-6-12-20-10-3-2-4-11-20/h2-4,9-11,13-14,18,23H,5-8,12,15-17,19H2,1H3/t23-,26-/m1/s1. The summed E-state index contributed by atoms with van der Waals surface area (Å²) >= 11 is 0. The van der Waals surface area contributed by atoms with Crippen LogP contribution in [0.15, 0.2) is 54.6 Å². The minimum Gasteiger partial charge on any atom is -0.497 e. The molecule has 2 aromatic rings. The fraction of sp³-hybridized carbons (Fsp3) is 0.462. The Morgan fingerprint density at radius 2 is 1.87 bits per heavy atom. The molecular formula is C26H31NO3. The van der Waals surface area contributed by atoms with Crippen LogP contribution in [0.25, 0.3) is 0 Å². The van der Waals surface area contributed by atoms with Gasteiger partial charge in [0.1, 0.15) is 5.75 Å². The molecule has 158 valence electrons. The van der Waals surface area contributed by atoms with E-state index in [0.717, 1.165) is 56.3 Å². The summed E-state index contributed by atoms with van der Waals surface area (Å²) in [4.78, 5) is 28.1. The van der Waals surface area contributed by atoms with Gasteiger partial charge in [-0.25, -0.2) is 0 Å². The van der Waals surface area contributed by atoms with E-state index in [0.29, 0.717) is 13.0 Å². The van der Waals surface area contributed by atoms with E-state index in [2.05, 4.69) is 18.2 Å². The molecule has 1 aliphatic carbocycles. The van der Waals surface area contributed by atoms with Crippen LogP contribution in [-0.4, -0.2) is 30.4 Å². The van der Waals surface area contributed by atoms with Crippen molar-refractivity contribution in [1.29, 1.82) is 0 Å². The topological polar surface area (TPSA) is 46.6 Å². The molecular weight excluding hydrogens is 374 g/mol. The fourth-order valence-electron chi connectivity index (χ4n) is 5.35. The number of fused-ring (bicyclic) bond motifs is 1. The van der Waals surface area contributed by atoms with Crippen LogP contribution in [0.4, 0.5) is 0 Å². The van der Waals surface area contributed by atoms with E-state index in [1.165, 1.54) is 5.56 Å². The first-order chi connectivity index (χ1) is 14.6. The van der Waals surface area contributed by atoms with Crippen molar-refractivity contribution in [3.8, 4) is 5.75 Å². The minimum absolute atomic E-state index is 0.0133. The Balaban J connectivity index is 1.47. The van der Waals surface area contributed by atoms with Crippen LogP contribution >= 0.6 is 0 Å². The average Bonchev–Trinajstić information content (AvgIpc) is 2.79. The van der Waals surface area contributed by atoms with Gasteiger partial charge in [-0.05, 0) is 55.4 Å². The van der Waals surface area contributed by atoms with Crippen molar-refractivity contribution < 1.29 is 14.3 Å². The molecule has 0 radical (unpaired) electrons. The van der Waals surface area contributed by atoms with Gasteiger partial charge in [-0.2, -0.15) is 0 Å². The Morgan fingerprint density at radius 1 is 1.03 bits per heavy atom. The number of hydrogen-bond acceptors (Lipinski definition) is 3. The second kappa shape index (κ2) is 9.03. The lowest BCUT2D eigenvalue weighted by atomic mass is 9.58. The molecule has 4 rings (SSSR count). The van der Waals surface area contributed by atoms with Gasteiger partial charge in [-0.15, -0.1) is 0 Å². The maximum absolute atomic E-state index is 13.4. The minimum atomic E-state index is -0.374. The van der Waals surface area contributed by atoms with Crippen LogP contribution in [0.1, 0.15) is 56.1 Å². The highest BCUT2D eigenvalue weighted by molar-refractivity contribution is 6.01. The smallest absolute Gasteiger partial charge is 0.233 e. The first-order valence-electron chi connectivity index (χ1n) is 11.2. The molecule has 1 saturated heterocycles. The Hall–Kier alpha value is -2.62. The van der Waals surface area contributed by atoms with Crippen molar-refractivity contribution >= 4 is 11.8 Å². The second-order valence-corrected chi connectivity index (χ2v) is 8.69. The summed E-state index contributed by atoms with van der Waals surface area (Å²) in [5.74, 6) is 0.703. The van der Waals surface area contributed by atoms with Crippen LogP contribution in [0.2, 0.25) is 0 Å². The summed E-state index contributed by atoms with van der Waals surface area (Å²) in [6, 6.07) is 18.4. The number of ether oxygens (including phenoxy) is 1. The number of amides is 2. The van der Waals surface area contributed by atoms with Crippen LogP contribution in [0, 0.1) is 5.92 Å². The Morgan fingerprint density at radius 3 is 2.67 bits per heavy atom. The number of methoxy groups -OCH3 is 1. The lowest BCUT2D eigenvalue weighted by molar-refractivity contribution is -0.158. The molecule has 30 heavy (non-hydrogen) atoms. The van der Waals surface area contributed by atoms with E-state index < -0.39 is 0 Å². The van der Waals surface area contributed by atoms with Gasteiger partial charge in [0.15, 0.2) is 0 Å². The van der Waals surface area contributed by atoms with Gasteiger partial charge >= 0.3 is 0 Å². The van der Waals surface area contributed by atoms with E-state index in [-0.39, 0.29) is 23.1 Å². The molecule has 0 spiro atoms. The number of likely N-dealkylation sites (tertiary alicyclic amines) is 1. The van der Waals surface area contributed by atoms with Gasteiger partial charge in [0, 0.05) is 24.3 Å². The number of carbonyl (C=O) groups is 2. The van der Waals surface area contributed by atoms with Crippen molar-refractivity contribution in [2.75, 3.05) is 13.7 Å². The third kappa shape index (κ3) is 4.00. The molecule has 2 aliphatic rings. The molecule has 1 saturated carbocycles. The summed E-state index contributed by atoms with van der Waals surface area (Å²) in [7, 11) is 1.66. The van der Waals surface area contributed by atoms with Crippen molar-refractivity contribution in [2.45, 2.75) is 56.8 Å². The summed E-state index contributed by atoms with van der Waals surface area (Å²) in [5, 5.41) is 0. The lowest BCUT2D eigenvalue weighted by Crippen LogP contribution is -2.57. The molecule has 2 atom stereocenters. The van der Waals surface area contributed by atoms with Crippen molar-refractivity contribution in [2.24, 2.45) is 5.92 Å². The van der Waals surface area contributed by atoms with E-state index in [1.54, 1.807) is 12.0 Å². The molecule has 0 aromatic heterocycles. The van der Waals surface area contributed by atoms with Crippen LogP contribution in [-0.2, 0) is 21.4 Å². The van der Waals surface area contributed by atoms with Crippen LogP contribution in [0.5, 0.6) is 5.75 Å². The Labute approximate surface area is 179 Å². The zero-order chi connectivity index (χ0) is 21.0. The third-order valence-electron chi connectivity index (χ3n) is 6.95. The van der Waals surface area contributed by atoms with Gasteiger partial charge in [0.2, 0.25) is 11.8 Å². The van der Waals surface area contributed by atoms with Gasteiger partial charge in [0.05, 0.1) is 7.11 Å². The van der Waals surface area contributed by atoms with Crippen molar-refractivity contribution in [3.63, 3.8) is 0 Å². The predicted molar refractivity (Wildman–Crippen MR) is 117 cm³/mol. The monoisotopic (exact) mass is 405 g/mol. The van der Waals surface area contributed by atoms with E-state index >= 15 is 0 Å². The molecule has 2 amide bonds. The Bertz CT molecular complexity index is 894. The van der Waals surface area contributed by atoms with Crippen molar-refractivity contribution in [3.05, 3.63) is 65.7 Å². The van der Waals surface area contributed by atoms with Gasteiger partial charge in [0.25, 0.3) is 0 Å². The maximum Gasteiger partial charge on any atom is 0.233 e. The number of nitrogens with zero attached hydrogens (tertiary/aromatic N) is 1. The van der Waals surface area contributed by atoms with E-state index in [9.17, 15) is 9.59 Å². The van der Waals surface area contributed by atoms with Crippen LogP contribution in [0.3, 0.4) is 0 Å². The maximum atomic E-state index is 13.4. The molecule has 0 bridgehead atoms. The fourth-order valence-corrected chi connectivity index (χ4v) is 5.35. The molecule has 2 aromatic carbocycles. The molecule has 4 nitrogen and oxygen atoms in total. The quantitative estimate of drug-likeness (QED) is 0.486. The largest absolute Gasteiger partial charge is 0.497 e. The average molecular weight is 406 g/mol. The van der Waals surface area contributed by atoms with E-state index in [4.69, 9.17) is 4.74 Å². The first-order valence-corrected chi connectivity index (χ1v) is 11.2. The summed E-state index contributed by atoms with van der Waals surface area (Å²) in [6.07, 6.45) is 7.11. The number of rotatable bonds is 7. The first kappa shape index (κ1) is 20.6. The zero-order valence-corrected chi connectivity index (χ0v) is 17.8. The summed E-state index contributed by atoms with van der Waals surface area (Å²) in [5.41, 5.74) is 2.01. The lowest BCUT2D eigenvalue weighted by Gasteiger charge is -2.49. The molecule has 0 N–H and O–H groups in total. The van der Waals surface area contributed by atoms with Gasteiger partial charge in [-0.3, -0.25) is 14.5 Å². The highest BCUT2D eigenvalue weighted by Crippen LogP contribution is 2.50. The predicted octanol–water partition coefficient (Wildman–Crippen LogP) is 4.91. The highest BCUT2D eigenvalue weighted by Gasteiger charge is 2.53. The van der Waals surface area contributed by atoms with Gasteiger partial charge < -0.3 is 4.74 Å². The molecule has 1 heterocycles. The second-order valence-electron chi connectivity index (χ2n) is 8.69. The number of piperidine rings is 1. The highest BCUT2D eigenvalue weighted by atomic mass is 16.5. The number of hydrogen-bond donors (Lipinski definition) is 0. The van der Waals surface area contributed by atoms with Gasteiger partial charge in [-0.1, -0.05) is 55.3 Å². The molecule has 2 fully saturated rings. The Kier molecular flexibility index (Phi) is 6.21. The summed E-state index contributed by atoms with van der Waals surface area (Å²) < 4.78 is 5.42. The number of imide groups is 1. The molecule has 4 heteroatoms.